The molecule has 0 radical (unpaired) electrons. The molecule has 0 aliphatic carbocycles. The molecule has 1 unspecified atom stereocenters. The molecule has 32 heavy (non-hydrogen) atoms. The second kappa shape index (κ2) is 14.0. The van der Waals surface area contributed by atoms with Gasteiger partial charge in [-0.2, -0.15) is 0 Å². The molecule has 2 rings (SSSR count). The average molecular weight is 448 g/mol. The molecule has 0 spiro atoms. The van der Waals surface area contributed by atoms with Gasteiger partial charge in [0.05, 0.1) is 32.4 Å². The Morgan fingerprint density at radius 2 is 2.03 bits per heavy atom. The number of carbonyl (C=O) groups is 1. The number of nitrogens with one attached hydrogen (secondary N) is 2. The Morgan fingerprint density at radius 3 is 2.72 bits per heavy atom. The number of likely N-dealkylation sites (N-methyl/N-ethyl adjacent to an activating group) is 1. The largest absolute Gasteiger partial charge is 0.490 e. The van der Waals surface area contributed by atoms with E-state index < -0.39 is 0 Å². The molecule has 8 nitrogen and oxygen atoms in total. The van der Waals surface area contributed by atoms with Gasteiger partial charge in [0.15, 0.2) is 5.96 Å². The fourth-order valence-corrected chi connectivity index (χ4v) is 3.19. The quantitative estimate of drug-likeness (QED) is 0.307. The van der Waals surface area contributed by atoms with E-state index >= 15 is 0 Å². The van der Waals surface area contributed by atoms with Gasteiger partial charge in [0, 0.05) is 39.3 Å². The molecule has 8 heteroatoms. The molecule has 0 bridgehead atoms. The average Bonchev–Trinajstić information content (AvgIpc) is 2.79. The molecule has 1 aliphatic heterocycles. The smallest absolute Gasteiger partial charge is 0.241 e. The van der Waals surface area contributed by atoms with Crippen LogP contribution in [0.4, 0.5) is 0 Å². The highest BCUT2D eigenvalue weighted by atomic mass is 16.5. The first-order valence-corrected chi connectivity index (χ1v) is 11.7. The van der Waals surface area contributed by atoms with Crippen LogP contribution in [0.3, 0.4) is 0 Å². The fraction of sp³-hybridized carbons (Fsp3) is 0.667. The van der Waals surface area contributed by atoms with Crippen LogP contribution in [-0.4, -0.2) is 87.8 Å². The van der Waals surface area contributed by atoms with Gasteiger partial charge in [-0.15, -0.1) is 0 Å². The van der Waals surface area contributed by atoms with Gasteiger partial charge in [0.25, 0.3) is 0 Å². The SMILES string of the molecule is CCC(C)Oc1cc(C)ccc1CN=C(NCCCN1CCOCC1)NCC(=O)N(C)C. The molecule has 1 saturated heterocycles. The zero-order chi connectivity index (χ0) is 23.3. The summed E-state index contributed by atoms with van der Waals surface area (Å²) in [6.45, 7) is 12.3. The minimum Gasteiger partial charge on any atom is -0.490 e. The van der Waals surface area contributed by atoms with Gasteiger partial charge in [-0.3, -0.25) is 9.69 Å². The van der Waals surface area contributed by atoms with Crippen LogP contribution < -0.4 is 15.4 Å². The number of aryl methyl sites for hydroxylation is 1. The molecule has 1 aromatic rings. The summed E-state index contributed by atoms with van der Waals surface area (Å²) < 4.78 is 11.5. The van der Waals surface area contributed by atoms with Crippen molar-refractivity contribution in [1.29, 1.82) is 0 Å². The molecule has 1 heterocycles. The van der Waals surface area contributed by atoms with Crippen molar-refractivity contribution in [2.45, 2.75) is 46.3 Å². The van der Waals surface area contributed by atoms with E-state index in [-0.39, 0.29) is 18.6 Å². The summed E-state index contributed by atoms with van der Waals surface area (Å²) in [5, 5.41) is 6.54. The van der Waals surface area contributed by atoms with Crippen LogP contribution in [0, 0.1) is 6.92 Å². The first-order valence-electron chi connectivity index (χ1n) is 11.7. The van der Waals surface area contributed by atoms with Gasteiger partial charge in [-0.1, -0.05) is 19.1 Å². The number of aliphatic imine (C=N–C) groups is 1. The third-order valence-corrected chi connectivity index (χ3v) is 5.49. The highest BCUT2D eigenvalue weighted by Gasteiger charge is 2.11. The van der Waals surface area contributed by atoms with Crippen LogP contribution in [0.1, 0.15) is 37.8 Å². The summed E-state index contributed by atoms with van der Waals surface area (Å²) in [6.07, 6.45) is 2.09. The number of guanidine groups is 1. The normalized spacial score (nSPS) is 15.8. The van der Waals surface area contributed by atoms with Gasteiger partial charge < -0.3 is 25.0 Å². The summed E-state index contributed by atoms with van der Waals surface area (Å²) in [5.41, 5.74) is 2.19. The lowest BCUT2D eigenvalue weighted by atomic mass is 10.1. The third-order valence-electron chi connectivity index (χ3n) is 5.49. The molecular weight excluding hydrogens is 406 g/mol. The highest BCUT2D eigenvalue weighted by Crippen LogP contribution is 2.23. The van der Waals surface area contributed by atoms with Crippen LogP contribution in [-0.2, 0) is 16.1 Å². The van der Waals surface area contributed by atoms with Crippen LogP contribution in [0.15, 0.2) is 23.2 Å². The first kappa shape index (κ1) is 25.9. The van der Waals surface area contributed by atoms with Gasteiger partial charge in [0.1, 0.15) is 5.75 Å². The minimum atomic E-state index is 0.00365. The Morgan fingerprint density at radius 1 is 1.28 bits per heavy atom. The molecule has 1 amide bonds. The molecule has 0 saturated carbocycles. The standard InChI is InChI=1S/C24H41N5O3/c1-6-20(3)32-22-16-19(2)8-9-21(22)17-26-24(27-18-23(30)28(4)5)25-10-7-11-29-12-14-31-15-13-29/h8-9,16,20H,6-7,10-15,17-18H2,1-5H3,(H2,25,26,27). The molecule has 1 aromatic carbocycles. The maximum Gasteiger partial charge on any atom is 0.241 e. The van der Waals surface area contributed by atoms with Gasteiger partial charge in [-0.25, -0.2) is 4.99 Å². The van der Waals surface area contributed by atoms with E-state index in [0.29, 0.717) is 12.5 Å². The number of nitrogens with zero attached hydrogens (tertiary/aromatic N) is 3. The summed E-state index contributed by atoms with van der Waals surface area (Å²) in [4.78, 5) is 20.8. The zero-order valence-corrected chi connectivity index (χ0v) is 20.4. The Balaban J connectivity index is 1.99. The van der Waals surface area contributed by atoms with E-state index in [9.17, 15) is 4.79 Å². The van der Waals surface area contributed by atoms with Crippen molar-refractivity contribution in [1.82, 2.24) is 20.4 Å². The molecule has 1 fully saturated rings. The van der Waals surface area contributed by atoms with E-state index in [1.54, 1.807) is 19.0 Å². The summed E-state index contributed by atoms with van der Waals surface area (Å²) in [6, 6.07) is 6.21. The van der Waals surface area contributed by atoms with E-state index in [4.69, 9.17) is 14.5 Å². The molecule has 180 valence electrons. The highest BCUT2D eigenvalue weighted by molar-refractivity contribution is 5.86. The minimum absolute atomic E-state index is 0.00365. The maximum atomic E-state index is 12.0. The number of morpholine rings is 1. The van der Waals surface area contributed by atoms with Crippen molar-refractivity contribution < 1.29 is 14.3 Å². The van der Waals surface area contributed by atoms with Crippen molar-refractivity contribution in [3.8, 4) is 5.75 Å². The third kappa shape index (κ3) is 9.44. The van der Waals surface area contributed by atoms with Gasteiger partial charge in [-0.05, 0) is 44.9 Å². The summed E-state index contributed by atoms with van der Waals surface area (Å²) >= 11 is 0. The lowest BCUT2D eigenvalue weighted by molar-refractivity contribution is -0.127. The molecule has 2 N–H and O–H groups in total. The molecule has 1 aliphatic rings. The number of ether oxygens (including phenoxy) is 2. The van der Waals surface area contributed by atoms with Crippen molar-refractivity contribution in [2.75, 3.05) is 60.0 Å². The predicted octanol–water partition coefficient (Wildman–Crippen LogP) is 2.02. The predicted molar refractivity (Wildman–Crippen MR) is 129 cm³/mol. The van der Waals surface area contributed by atoms with E-state index in [0.717, 1.165) is 69.1 Å². The first-order chi connectivity index (χ1) is 15.4. The van der Waals surface area contributed by atoms with E-state index in [2.05, 4.69) is 54.5 Å². The van der Waals surface area contributed by atoms with Crippen molar-refractivity contribution >= 4 is 11.9 Å². The van der Waals surface area contributed by atoms with Crippen molar-refractivity contribution in [3.05, 3.63) is 29.3 Å². The second-order valence-corrected chi connectivity index (χ2v) is 8.49. The number of rotatable bonds is 11. The molecule has 0 aromatic heterocycles. The van der Waals surface area contributed by atoms with Gasteiger partial charge in [0.2, 0.25) is 5.91 Å². The molecular formula is C24H41N5O3. The lowest BCUT2D eigenvalue weighted by Crippen LogP contribution is -2.44. The van der Waals surface area contributed by atoms with E-state index in [1.165, 1.54) is 0 Å². The Bertz CT molecular complexity index is 732. The topological polar surface area (TPSA) is 78.4 Å². The number of benzene rings is 1. The Hall–Kier alpha value is -2.32. The van der Waals surface area contributed by atoms with Crippen molar-refractivity contribution in [3.63, 3.8) is 0 Å². The van der Waals surface area contributed by atoms with Crippen molar-refractivity contribution in [2.24, 2.45) is 4.99 Å². The lowest BCUT2D eigenvalue weighted by Gasteiger charge is -2.26. The monoisotopic (exact) mass is 447 g/mol. The van der Waals surface area contributed by atoms with E-state index in [1.807, 2.05) is 0 Å². The number of amides is 1. The number of hydrogen-bond acceptors (Lipinski definition) is 5. The van der Waals surface area contributed by atoms with Gasteiger partial charge >= 0.3 is 0 Å². The zero-order valence-electron chi connectivity index (χ0n) is 20.4. The Kier molecular flexibility index (Phi) is 11.3. The molecule has 1 atom stereocenters. The van der Waals surface area contributed by atoms with Crippen LogP contribution in [0.25, 0.3) is 0 Å². The second-order valence-electron chi connectivity index (χ2n) is 8.49. The van der Waals surface area contributed by atoms with Crippen LogP contribution >= 0.6 is 0 Å². The Labute approximate surface area is 193 Å². The summed E-state index contributed by atoms with van der Waals surface area (Å²) in [5.74, 6) is 1.51. The summed E-state index contributed by atoms with van der Waals surface area (Å²) in [7, 11) is 3.50. The number of carbonyl (C=O) groups excluding carboxylic acids is 1. The fourth-order valence-electron chi connectivity index (χ4n) is 3.19. The number of hydrogen-bond donors (Lipinski definition) is 2. The van der Waals surface area contributed by atoms with Crippen LogP contribution in [0.2, 0.25) is 0 Å². The van der Waals surface area contributed by atoms with Crippen LogP contribution in [0.5, 0.6) is 5.75 Å². The maximum absolute atomic E-state index is 12.0.